The van der Waals surface area contributed by atoms with Crippen molar-refractivity contribution in [1.29, 1.82) is 0 Å². The van der Waals surface area contributed by atoms with Gasteiger partial charge in [-0.25, -0.2) is 4.79 Å². The lowest BCUT2D eigenvalue weighted by atomic mass is 10.1. The number of urea groups is 1. The van der Waals surface area contributed by atoms with E-state index < -0.39 is 23.8 Å². The summed E-state index contributed by atoms with van der Waals surface area (Å²) in [5.74, 6) is 0. The molecule has 1 atom stereocenters. The molecule has 1 heterocycles. The molecule has 22 heavy (non-hydrogen) atoms. The summed E-state index contributed by atoms with van der Waals surface area (Å²) in [6.45, 7) is 2.03. The Morgan fingerprint density at radius 3 is 2.68 bits per heavy atom. The van der Waals surface area contributed by atoms with E-state index in [2.05, 4.69) is 10.6 Å². The maximum atomic E-state index is 12.7. The van der Waals surface area contributed by atoms with Gasteiger partial charge >= 0.3 is 12.2 Å². The quantitative estimate of drug-likeness (QED) is 0.862. The van der Waals surface area contributed by atoms with Crippen LogP contribution in [-0.4, -0.2) is 6.03 Å². The Morgan fingerprint density at radius 2 is 2.05 bits per heavy atom. The van der Waals surface area contributed by atoms with E-state index >= 15 is 0 Å². The van der Waals surface area contributed by atoms with Crippen LogP contribution in [0, 0.1) is 0 Å². The van der Waals surface area contributed by atoms with E-state index in [1.807, 2.05) is 17.5 Å². The van der Waals surface area contributed by atoms with Crippen molar-refractivity contribution >= 4 is 17.4 Å². The minimum Gasteiger partial charge on any atom is -0.333 e. The zero-order chi connectivity index (χ0) is 16.2. The number of carbonyl (C=O) groups is 1. The molecular weight excluding hydrogens is 313 g/mol. The van der Waals surface area contributed by atoms with Gasteiger partial charge in [0, 0.05) is 4.88 Å². The van der Waals surface area contributed by atoms with E-state index in [1.54, 1.807) is 13.0 Å². The molecule has 0 spiro atoms. The highest BCUT2D eigenvalue weighted by Crippen LogP contribution is 2.30. The molecule has 0 saturated carbocycles. The molecule has 0 radical (unpaired) electrons. The van der Waals surface area contributed by atoms with Gasteiger partial charge in [-0.2, -0.15) is 13.2 Å². The molecular formula is C15H15F3N2OS. The van der Waals surface area contributed by atoms with Crippen LogP contribution in [-0.2, 0) is 12.7 Å². The van der Waals surface area contributed by atoms with Gasteiger partial charge in [0.05, 0.1) is 18.2 Å². The molecule has 7 heteroatoms. The molecule has 0 saturated heterocycles. The Hall–Kier alpha value is -2.02. The smallest absolute Gasteiger partial charge is 0.333 e. The molecule has 118 valence electrons. The largest absolute Gasteiger partial charge is 0.416 e. The highest BCUT2D eigenvalue weighted by Gasteiger charge is 2.30. The minimum atomic E-state index is -4.39. The highest BCUT2D eigenvalue weighted by molar-refractivity contribution is 7.09. The maximum Gasteiger partial charge on any atom is 0.416 e. The van der Waals surface area contributed by atoms with Crippen molar-refractivity contribution in [3.05, 3.63) is 57.8 Å². The van der Waals surface area contributed by atoms with Crippen molar-refractivity contribution in [3.63, 3.8) is 0 Å². The van der Waals surface area contributed by atoms with E-state index in [9.17, 15) is 18.0 Å². The normalized spacial score (nSPS) is 12.7. The van der Waals surface area contributed by atoms with Gasteiger partial charge in [-0.05, 0) is 36.1 Å². The van der Waals surface area contributed by atoms with Crippen molar-refractivity contribution in [2.24, 2.45) is 0 Å². The van der Waals surface area contributed by atoms with E-state index in [1.165, 1.54) is 17.4 Å². The van der Waals surface area contributed by atoms with Crippen molar-refractivity contribution in [2.45, 2.75) is 25.7 Å². The number of carbonyl (C=O) groups excluding carboxylic acids is 1. The van der Waals surface area contributed by atoms with Crippen LogP contribution in [0.4, 0.5) is 18.0 Å². The van der Waals surface area contributed by atoms with Gasteiger partial charge in [-0.15, -0.1) is 11.3 Å². The lowest BCUT2D eigenvalue weighted by Gasteiger charge is -2.16. The second-order valence-corrected chi connectivity index (χ2v) is 5.78. The van der Waals surface area contributed by atoms with Crippen molar-refractivity contribution in [3.8, 4) is 0 Å². The van der Waals surface area contributed by atoms with Gasteiger partial charge < -0.3 is 10.6 Å². The van der Waals surface area contributed by atoms with Crippen molar-refractivity contribution in [2.75, 3.05) is 0 Å². The Morgan fingerprint density at radius 1 is 1.27 bits per heavy atom. The summed E-state index contributed by atoms with van der Waals surface area (Å²) in [5, 5.41) is 7.20. The van der Waals surface area contributed by atoms with Crippen LogP contribution in [0.1, 0.15) is 29.0 Å². The molecule has 0 aliphatic heterocycles. The summed E-state index contributed by atoms with van der Waals surface area (Å²) in [4.78, 5) is 12.8. The summed E-state index contributed by atoms with van der Waals surface area (Å²) in [5.41, 5.74) is -0.321. The fourth-order valence-electron chi connectivity index (χ4n) is 1.90. The van der Waals surface area contributed by atoms with Crippen LogP contribution >= 0.6 is 11.3 Å². The summed E-state index contributed by atoms with van der Waals surface area (Å²) >= 11 is 1.52. The summed E-state index contributed by atoms with van der Waals surface area (Å²) in [7, 11) is 0. The molecule has 0 bridgehead atoms. The molecule has 1 aromatic carbocycles. The van der Waals surface area contributed by atoms with Gasteiger partial charge in [0.25, 0.3) is 0 Å². The second-order valence-electron chi connectivity index (χ2n) is 4.75. The van der Waals surface area contributed by atoms with Gasteiger partial charge in [0.15, 0.2) is 0 Å². The highest BCUT2D eigenvalue weighted by atomic mass is 32.1. The van der Waals surface area contributed by atoms with Gasteiger partial charge in [-0.1, -0.05) is 18.2 Å². The molecule has 2 amide bonds. The van der Waals surface area contributed by atoms with Crippen LogP contribution in [0.5, 0.6) is 0 Å². The summed E-state index contributed by atoms with van der Waals surface area (Å²) in [6.07, 6.45) is -4.39. The molecule has 0 aliphatic carbocycles. The zero-order valence-electron chi connectivity index (χ0n) is 11.8. The fourth-order valence-corrected chi connectivity index (χ4v) is 2.54. The third kappa shape index (κ3) is 4.49. The first-order valence-corrected chi connectivity index (χ1v) is 7.48. The number of nitrogens with one attached hydrogen (secondary N) is 2. The Bertz CT molecular complexity index is 626. The third-order valence-electron chi connectivity index (χ3n) is 3.06. The number of alkyl halides is 3. The lowest BCUT2D eigenvalue weighted by molar-refractivity contribution is -0.137. The number of hydrogen-bond donors (Lipinski definition) is 2. The molecule has 1 aromatic heterocycles. The predicted octanol–water partition coefficient (Wildman–Crippen LogP) is 4.33. The average molecular weight is 328 g/mol. The van der Waals surface area contributed by atoms with Crippen LogP contribution in [0.2, 0.25) is 0 Å². The summed E-state index contributed by atoms with van der Waals surface area (Å²) < 4.78 is 38.0. The lowest BCUT2D eigenvalue weighted by Crippen LogP contribution is -2.36. The molecule has 2 rings (SSSR count). The van der Waals surface area contributed by atoms with Gasteiger partial charge in [0.1, 0.15) is 0 Å². The van der Waals surface area contributed by atoms with Crippen LogP contribution in [0.25, 0.3) is 0 Å². The first-order valence-electron chi connectivity index (χ1n) is 6.60. The Kier molecular flexibility index (Phi) is 5.07. The van der Waals surface area contributed by atoms with E-state index in [0.717, 1.165) is 17.0 Å². The first-order chi connectivity index (χ1) is 10.4. The molecule has 3 nitrogen and oxygen atoms in total. The van der Waals surface area contributed by atoms with Crippen molar-refractivity contribution in [1.82, 2.24) is 10.6 Å². The predicted molar refractivity (Wildman–Crippen MR) is 79.5 cm³/mol. The number of hydrogen-bond acceptors (Lipinski definition) is 2. The number of amides is 2. The molecule has 0 aliphatic rings. The Balaban J connectivity index is 1.94. The SMILES string of the molecule is CC(NC(=O)NCc1cccs1)c1cccc(C(F)(F)F)c1. The fraction of sp³-hybridized carbons (Fsp3) is 0.267. The van der Waals surface area contributed by atoms with E-state index in [0.29, 0.717) is 12.1 Å². The van der Waals surface area contributed by atoms with E-state index in [4.69, 9.17) is 0 Å². The third-order valence-corrected chi connectivity index (χ3v) is 3.94. The number of halogens is 3. The van der Waals surface area contributed by atoms with Crippen LogP contribution < -0.4 is 10.6 Å². The van der Waals surface area contributed by atoms with E-state index in [-0.39, 0.29) is 0 Å². The Labute approximate surface area is 130 Å². The molecule has 1 unspecified atom stereocenters. The number of benzene rings is 1. The molecule has 2 N–H and O–H groups in total. The minimum absolute atomic E-state index is 0.388. The van der Waals surface area contributed by atoms with Gasteiger partial charge in [-0.3, -0.25) is 0 Å². The van der Waals surface area contributed by atoms with Crippen molar-refractivity contribution < 1.29 is 18.0 Å². The monoisotopic (exact) mass is 328 g/mol. The summed E-state index contributed by atoms with van der Waals surface area (Å²) in [6, 6.07) is 7.77. The number of thiophene rings is 1. The molecule has 2 aromatic rings. The second kappa shape index (κ2) is 6.83. The van der Waals surface area contributed by atoms with Crippen LogP contribution in [0.3, 0.4) is 0 Å². The first kappa shape index (κ1) is 16.4. The standard InChI is InChI=1S/C15H15F3N2OS/c1-10(11-4-2-5-12(8-11)15(16,17)18)20-14(21)19-9-13-6-3-7-22-13/h2-8,10H,9H2,1H3,(H2,19,20,21). The van der Waals surface area contributed by atoms with Gasteiger partial charge in [0.2, 0.25) is 0 Å². The van der Waals surface area contributed by atoms with Crippen LogP contribution in [0.15, 0.2) is 41.8 Å². The topological polar surface area (TPSA) is 41.1 Å². The zero-order valence-corrected chi connectivity index (χ0v) is 12.6. The maximum absolute atomic E-state index is 12.7. The molecule has 0 fully saturated rings. The number of rotatable bonds is 4. The average Bonchev–Trinajstić information content (AvgIpc) is 2.97.